The van der Waals surface area contributed by atoms with Gasteiger partial charge in [0.2, 0.25) is 0 Å². The second-order valence-corrected chi connectivity index (χ2v) is 9.47. The maximum atomic E-state index is 11.8. The van der Waals surface area contributed by atoms with Crippen molar-refractivity contribution < 1.29 is 28.5 Å². The van der Waals surface area contributed by atoms with Gasteiger partial charge in [-0.15, -0.1) is 0 Å². The number of carbonyl (C=O) groups excluding carboxylic acids is 1. The third kappa shape index (κ3) is 31.3. The second kappa shape index (κ2) is 32.3. The van der Waals surface area contributed by atoms with Gasteiger partial charge in [-0.2, -0.15) is 0 Å². The Labute approximate surface area is 222 Å². The Morgan fingerprint density at radius 1 is 0.500 bits per heavy atom. The van der Waals surface area contributed by atoms with Crippen molar-refractivity contribution in [1.82, 2.24) is 5.32 Å². The molecule has 0 unspecified atom stereocenters. The molecule has 216 valence electrons. The largest absolute Gasteiger partial charge is 0.463 e. The molecule has 0 amide bonds. The first-order valence-electron chi connectivity index (χ1n) is 14.9. The van der Waals surface area contributed by atoms with E-state index >= 15 is 0 Å². The van der Waals surface area contributed by atoms with Gasteiger partial charge in [0, 0.05) is 13.0 Å². The van der Waals surface area contributed by atoms with Crippen LogP contribution in [0.15, 0.2) is 0 Å². The highest BCUT2D eigenvalue weighted by Gasteiger charge is 2.02. The Morgan fingerprint density at radius 2 is 0.861 bits per heavy atom. The molecular formula is C29H59NO6. The van der Waals surface area contributed by atoms with E-state index < -0.39 is 0 Å². The van der Waals surface area contributed by atoms with Crippen molar-refractivity contribution >= 4 is 5.97 Å². The molecule has 0 radical (unpaired) electrons. The van der Waals surface area contributed by atoms with E-state index in [0.717, 1.165) is 19.4 Å². The maximum absolute atomic E-state index is 11.8. The first kappa shape index (κ1) is 35.3. The molecule has 0 rings (SSSR count). The molecule has 0 aromatic heterocycles. The minimum Gasteiger partial charge on any atom is -0.463 e. The molecule has 0 bridgehead atoms. The molecule has 0 aliphatic heterocycles. The molecule has 0 aromatic carbocycles. The summed E-state index contributed by atoms with van der Waals surface area (Å²) < 4.78 is 26.9. The minimum atomic E-state index is -0.114. The Kier molecular flexibility index (Phi) is 31.6. The van der Waals surface area contributed by atoms with E-state index in [2.05, 4.69) is 12.2 Å². The summed E-state index contributed by atoms with van der Waals surface area (Å²) in [7, 11) is 1.90. The normalized spacial score (nSPS) is 11.3. The topological polar surface area (TPSA) is 75.3 Å². The molecular weight excluding hydrogens is 458 g/mol. The van der Waals surface area contributed by atoms with Crippen LogP contribution in [0.1, 0.15) is 110 Å². The van der Waals surface area contributed by atoms with Crippen molar-refractivity contribution in [3.8, 4) is 0 Å². The van der Waals surface area contributed by atoms with E-state index in [-0.39, 0.29) is 5.97 Å². The summed E-state index contributed by atoms with van der Waals surface area (Å²) in [4.78, 5) is 11.8. The van der Waals surface area contributed by atoms with Gasteiger partial charge in [-0.1, -0.05) is 96.8 Å². The monoisotopic (exact) mass is 517 g/mol. The lowest BCUT2D eigenvalue weighted by molar-refractivity contribution is -0.145. The predicted octanol–water partition coefficient (Wildman–Crippen LogP) is 6.08. The lowest BCUT2D eigenvalue weighted by Crippen LogP contribution is -2.17. The summed E-state index contributed by atoms with van der Waals surface area (Å²) >= 11 is 0. The lowest BCUT2D eigenvalue weighted by Gasteiger charge is -2.08. The zero-order valence-corrected chi connectivity index (χ0v) is 23.8. The third-order valence-electron chi connectivity index (χ3n) is 6.09. The molecule has 36 heavy (non-hydrogen) atoms. The average Bonchev–Trinajstić information content (AvgIpc) is 2.88. The summed E-state index contributed by atoms with van der Waals surface area (Å²) in [5.41, 5.74) is 0. The summed E-state index contributed by atoms with van der Waals surface area (Å²) in [5, 5.41) is 3.02. The van der Waals surface area contributed by atoms with Crippen LogP contribution in [0.2, 0.25) is 0 Å². The van der Waals surface area contributed by atoms with Crippen LogP contribution in [0.25, 0.3) is 0 Å². The molecule has 1 N–H and O–H groups in total. The van der Waals surface area contributed by atoms with E-state index in [9.17, 15) is 4.79 Å². The second-order valence-electron chi connectivity index (χ2n) is 9.47. The summed E-state index contributed by atoms with van der Waals surface area (Å²) in [6, 6.07) is 0. The quantitative estimate of drug-likeness (QED) is 0.0882. The summed E-state index contributed by atoms with van der Waals surface area (Å²) in [5.74, 6) is -0.114. The molecule has 7 heteroatoms. The molecule has 0 atom stereocenters. The van der Waals surface area contributed by atoms with Gasteiger partial charge in [-0.3, -0.25) is 4.79 Å². The van der Waals surface area contributed by atoms with Crippen molar-refractivity contribution in [1.29, 1.82) is 0 Å². The Bertz CT molecular complexity index is 389. The number of carbonyl (C=O) groups is 1. The van der Waals surface area contributed by atoms with Crippen LogP contribution in [-0.2, 0) is 28.5 Å². The van der Waals surface area contributed by atoms with E-state index in [4.69, 9.17) is 23.7 Å². The van der Waals surface area contributed by atoms with Crippen LogP contribution < -0.4 is 5.32 Å². The molecule has 7 nitrogen and oxygen atoms in total. The molecule has 0 aliphatic carbocycles. The number of esters is 1. The fourth-order valence-electron chi connectivity index (χ4n) is 3.86. The van der Waals surface area contributed by atoms with Gasteiger partial charge in [0.15, 0.2) is 0 Å². The SMILES string of the molecule is CCCCCCCCCCCCCCCCCC(=O)OCCOCCOCCOCCOCCNC. The van der Waals surface area contributed by atoms with Crippen molar-refractivity contribution in [3.63, 3.8) is 0 Å². The fraction of sp³-hybridized carbons (Fsp3) is 0.966. The van der Waals surface area contributed by atoms with Gasteiger partial charge in [0.1, 0.15) is 6.61 Å². The van der Waals surface area contributed by atoms with Crippen molar-refractivity contribution in [2.45, 2.75) is 110 Å². The highest BCUT2D eigenvalue weighted by Crippen LogP contribution is 2.13. The number of rotatable bonds is 31. The van der Waals surface area contributed by atoms with Crippen molar-refractivity contribution in [3.05, 3.63) is 0 Å². The number of hydrogen-bond acceptors (Lipinski definition) is 7. The van der Waals surface area contributed by atoms with Gasteiger partial charge in [-0.05, 0) is 13.5 Å². The molecule has 0 saturated carbocycles. The molecule has 0 aromatic rings. The van der Waals surface area contributed by atoms with E-state index in [1.54, 1.807) is 0 Å². The van der Waals surface area contributed by atoms with Crippen LogP contribution >= 0.6 is 0 Å². The third-order valence-corrected chi connectivity index (χ3v) is 6.09. The zero-order chi connectivity index (χ0) is 26.2. The zero-order valence-electron chi connectivity index (χ0n) is 23.8. The molecule has 0 heterocycles. The summed E-state index contributed by atoms with van der Waals surface area (Å²) in [6.07, 6.45) is 20.4. The fourth-order valence-corrected chi connectivity index (χ4v) is 3.86. The van der Waals surface area contributed by atoms with Gasteiger partial charge in [-0.25, -0.2) is 0 Å². The van der Waals surface area contributed by atoms with Crippen molar-refractivity contribution in [2.24, 2.45) is 0 Å². The number of unbranched alkanes of at least 4 members (excludes halogenated alkanes) is 14. The van der Waals surface area contributed by atoms with Crippen molar-refractivity contribution in [2.75, 3.05) is 73.1 Å². The maximum Gasteiger partial charge on any atom is 0.305 e. The number of likely N-dealkylation sites (N-methyl/N-ethyl adjacent to an activating group) is 1. The van der Waals surface area contributed by atoms with Gasteiger partial charge >= 0.3 is 5.97 Å². The van der Waals surface area contributed by atoms with E-state index in [0.29, 0.717) is 65.9 Å². The lowest BCUT2D eigenvalue weighted by atomic mass is 10.0. The minimum absolute atomic E-state index is 0.114. The molecule has 0 saturated heterocycles. The number of hydrogen-bond donors (Lipinski definition) is 1. The first-order valence-corrected chi connectivity index (χ1v) is 14.9. The van der Waals surface area contributed by atoms with Crippen LogP contribution in [0, 0.1) is 0 Å². The Morgan fingerprint density at radius 3 is 1.28 bits per heavy atom. The molecule has 0 spiro atoms. The smallest absolute Gasteiger partial charge is 0.305 e. The van der Waals surface area contributed by atoms with Crippen LogP contribution in [0.4, 0.5) is 0 Å². The van der Waals surface area contributed by atoms with E-state index in [1.807, 2.05) is 7.05 Å². The Balaban J connectivity index is 3.14. The Hall–Kier alpha value is -0.730. The molecule has 0 aliphatic rings. The van der Waals surface area contributed by atoms with Crippen LogP contribution in [-0.4, -0.2) is 79.0 Å². The van der Waals surface area contributed by atoms with Gasteiger partial charge < -0.3 is 29.0 Å². The average molecular weight is 518 g/mol. The number of ether oxygens (including phenoxy) is 5. The van der Waals surface area contributed by atoms with E-state index in [1.165, 1.54) is 83.5 Å². The summed E-state index contributed by atoms with van der Waals surface area (Å²) in [6.45, 7) is 7.81. The van der Waals surface area contributed by atoms with Gasteiger partial charge in [0.05, 0.1) is 52.9 Å². The van der Waals surface area contributed by atoms with Crippen LogP contribution in [0.5, 0.6) is 0 Å². The van der Waals surface area contributed by atoms with Gasteiger partial charge in [0.25, 0.3) is 0 Å². The highest BCUT2D eigenvalue weighted by molar-refractivity contribution is 5.69. The molecule has 0 fully saturated rings. The first-order chi connectivity index (χ1) is 17.8. The number of nitrogens with one attached hydrogen (secondary N) is 1. The predicted molar refractivity (Wildman–Crippen MR) is 148 cm³/mol. The highest BCUT2D eigenvalue weighted by atomic mass is 16.6. The standard InChI is InChI=1S/C29H59NO6/c1-3-4-5-6-7-8-9-10-11-12-13-14-15-16-17-18-29(31)36-28-27-35-26-25-34-24-23-33-22-21-32-20-19-30-2/h30H,3-28H2,1-2H3. The van der Waals surface area contributed by atoms with Crippen LogP contribution in [0.3, 0.4) is 0 Å².